The van der Waals surface area contributed by atoms with E-state index >= 15 is 0 Å². The third-order valence-electron chi connectivity index (χ3n) is 11.5. The maximum atomic E-state index is 6.71. The fourth-order valence-corrected chi connectivity index (χ4v) is 10.0. The summed E-state index contributed by atoms with van der Waals surface area (Å²) in [4.78, 5) is 18.3. The first kappa shape index (κ1) is 32.1. The molecule has 0 spiro atoms. The molecule has 2 unspecified atom stereocenters. The fourth-order valence-electron chi connectivity index (χ4n) is 8.94. The molecule has 5 nitrogen and oxygen atoms in total. The van der Waals surface area contributed by atoms with E-state index in [9.17, 15) is 0 Å². The highest BCUT2D eigenvalue weighted by atomic mass is 32.1. The highest BCUT2D eigenvalue weighted by Crippen LogP contribution is 2.54. The van der Waals surface area contributed by atoms with Crippen molar-refractivity contribution in [3.8, 4) is 45.3 Å². The van der Waals surface area contributed by atoms with Crippen LogP contribution in [0.4, 0.5) is 11.4 Å². The zero-order chi connectivity index (χ0) is 37.5. The Kier molecular flexibility index (Phi) is 7.16. The van der Waals surface area contributed by atoms with Gasteiger partial charge in [-0.3, -0.25) is 0 Å². The Hall–Kier alpha value is -7.15. The molecule has 0 N–H and O–H groups in total. The minimum atomic E-state index is 0.0457. The Morgan fingerprint density at radius 2 is 1.19 bits per heavy atom. The maximum Gasteiger partial charge on any atom is 0.164 e. The Balaban J connectivity index is 1.06. The summed E-state index contributed by atoms with van der Waals surface area (Å²) in [7, 11) is 0. The highest BCUT2D eigenvalue weighted by Gasteiger charge is 2.43. The molecule has 2 aliphatic rings. The van der Waals surface area contributed by atoms with Gasteiger partial charge >= 0.3 is 0 Å². The monoisotopic (exact) mass is 748 g/mol. The molecule has 1 aliphatic heterocycles. The number of rotatable bonds is 5. The number of fused-ring (bicyclic) bond motifs is 10. The molecule has 1 aliphatic carbocycles. The predicted octanol–water partition coefficient (Wildman–Crippen LogP) is 13.3. The quantitative estimate of drug-likeness (QED) is 0.175. The summed E-state index contributed by atoms with van der Waals surface area (Å²) in [5.41, 5.74) is 10.8. The zero-order valence-electron chi connectivity index (χ0n) is 30.6. The second-order valence-corrected chi connectivity index (χ2v) is 15.8. The van der Waals surface area contributed by atoms with Crippen LogP contribution in [0.5, 0.6) is 0 Å². The van der Waals surface area contributed by atoms with Crippen LogP contribution in [0.3, 0.4) is 0 Å². The summed E-state index contributed by atoms with van der Waals surface area (Å²) < 4.78 is 9.21. The topological polar surface area (TPSA) is 55.1 Å². The van der Waals surface area contributed by atoms with Gasteiger partial charge in [0, 0.05) is 65.1 Å². The van der Waals surface area contributed by atoms with Gasteiger partial charge in [-0.25, -0.2) is 15.0 Å². The SMILES string of the molecule is C1=CC2C(c3ccccc3N2c2ccccc2)c2c1oc1cccc(-c3nc(-c4ccc(-c5ccccc5)cc4)nc(-c4ccc5sc6ccccc6c5c4)n3)c21. The molecule has 6 heteroatoms. The van der Waals surface area contributed by atoms with E-state index in [0.717, 1.165) is 39.0 Å². The van der Waals surface area contributed by atoms with Gasteiger partial charge in [0.1, 0.15) is 11.3 Å². The summed E-state index contributed by atoms with van der Waals surface area (Å²) in [6.45, 7) is 0. The van der Waals surface area contributed by atoms with E-state index in [1.807, 2.05) is 23.5 Å². The van der Waals surface area contributed by atoms with E-state index in [-0.39, 0.29) is 12.0 Å². The Morgan fingerprint density at radius 1 is 0.526 bits per heavy atom. The largest absolute Gasteiger partial charge is 0.456 e. The van der Waals surface area contributed by atoms with Crippen molar-refractivity contribution in [1.29, 1.82) is 0 Å². The van der Waals surface area contributed by atoms with Gasteiger partial charge in [-0.1, -0.05) is 127 Å². The molecule has 12 rings (SSSR count). The van der Waals surface area contributed by atoms with Gasteiger partial charge in [-0.2, -0.15) is 0 Å². The van der Waals surface area contributed by atoms with Crippen LogP contribution in [0.25, 0.3) is 82.5 Å². The Labute approximate surface area is 332 Å². The smallest absolute Gasteiger partial charge is 0.164 e. The molecule has 2 atom stereocenters. The number of hydrogen-bond acceptors (Lipinski definition) is 6. The van der Waals surface area contributed by atoms with Gasteiger partial charge in [0.15, 0.2) is 17.5 Å². The number of nitrogens with zero attached hydrogens (tertiary/aromatic N) is 4. The molecule has 268 valence electrons. The lowest BCUT2D eigenvalue weighted by Crippen LogP contribution is -2.30. The molecular weight excluding hydrogens is 717 g/mol. The highest BCUT2D eigenvalue weighted by molar-refractivity contribution is 7.25. The third kappa shape index (κ3) is 5.11. The average Bonchev–Trinajstić information content (AvgIpc) is 3.96. The molecule has 7 aromatic carbocycles. The number of thiophene rings is 1. The fraction of sp³-hybridized carbons (Fsp3) is 0.0392. The standard InChI is InChI=1S/C51H32N4OS/c1-3-12-31(13-4-1)32-22-24-33(25-23-32)49-52-50(34-26-29-45-39(30-34)36-16-8-10-21-44(36)57-45)54-51(53-49)38-18-11-20-42-47(38)48-43(56-42)28-27-41-46(48)37-17-7-9-19-40(37)55(41)35-14-5-2-6-15-35/h1-30,41,46H. The number of aromatic nitrogens is 3. The van der Waals surface area contributed by atoms with E-state index in [0.29, 0.717) is 17.5 Å². The van der Waals surface area contributed by atoms with Crippen LogP contribution in [0, 0.1) is 0 Å². The van der Waals surface area contributed by atoms with Gasteiger partial charge in [-0.15, -0.1) is 11.3 Å². The molecule has 3 aromatic heterocycles. The summed E-state index contributed by atoms with van der Waals surface area (Å²) in [5, 5.41) is 3.48. The minimum Gasteiger partial charge on any atom is -0.456 e. The van der Waals surface area contributed by atoms with Gasteiger partial charge in [0.2, 0.25) is 0 Å². The van der Waals surface area contributed by atoms with Crippen molar-refractivity contribution in [1.82, 2.24) is 15.0 Å². The van der Waals surface area contributed by atoms with Crippen molar-refractivity contribution in [3.05, 3.63) is 193 Å². The molecule has 0 radical (unpaired) electrons. The van der Waals surface area contributed by atoms with Gasteiger partial charge in [0.25, 0.3) is 0 Å². The van der Waals surface area contributed by atoms with Crippen molar-refractivity contribution in [2.45, 2.75) is 12.0 Å². The summed E-state index contributed by atoms with van der Waals surface area (Å²) in [6.07, 6.45) is 4.45. The first-order valence-electron chi connectivity index (χ1n) is 19.3. The number of para-hydroxylation sites is 2. The van der Waals surface area contributed by atoms with Crippen molar-refractivity contribution in [2.24, 2.45) is 0 Å². The van der Waals surface area contributed by atoms with E-state index in [4.69, 9.17) is 19.4 Å². The van der Waals surface area contributed by atoms with Crippen molar-refractivity contribution < 1.29 is 4.42 Å². The molecule has 0 amide bonds. The first-order valence-corrected chi connectivity index (χ1v) is 20.1. The minimum absolute atomic E-state index is 0.0457. The van der Waals surface area contributed by atoms with E-state index < -0.39 is 0 Å². The van der Waals surface area contributed by atoms with Crippen LogP contribution < -0.4 is 4.90 Å². The number of hydrogen-bond donors (Lipinski definition) is 0. The van der Waals surface area contributed by atoms with Crippen LogP contribution in [0.2, 0.25) is 0 Å². The number of furan rings is 1. The van der Waals surface area contributed by atoms with Crippen LogP contribution in [0.15, 0.2) is 180 Å². The van der Waals surface area contributed by atoms with Crippen molar-refractivity contribution in [2.75, 3.05) is 4.90 Å². The molecule has 4 heterocycles. The molecule has 0 bridgehead atoms. The van der Waals surface area contributed by atoms with Crippen LogP contribution in [-0.2, 0) is 0 Å². The van der Waals surface area contributed by atoms with Gasteiger partial charge in [0.05, 0.1) is 6.04 Å². The third-order valence-corrected chi connectivity index (χ3v) is 12.7. The lowest BCUT2D eigenvalue weighted by Gasteiger charge is -2.30. The summed E-state index contributed by atoms with van der Waals surface area (Å²) in [6, 6.07) is 59.9. The predicted molar refractivity (Wildman–Crippen MR) is 234 cm³/mol. The molecule has 57 heavy (non-hydrogen) atoms. The number of benzene rings is 7. The molecule has 0 saturated heterocycles. The zero-order valence-corrected chi connectivity index (χ0v) is 31.4. The van der Waals surface area contributed by atoms with Crippen LogP contribution in [-0.4, -0.2) is 21.0 Å². The maximum absolute atomic E-state index is 6.71. The summed E-state index contributed by atoms with van der Waals surface area (Å²) >= 11 is 1.81. The second kappa shape index (κ2) is 12.7. The first-order chi connectivity index (χ1) is 28.2. The van der Waals surface area contributed by atoms with Crippen LogP contribution in [0.1, 0.15) is 22.8 Å². The molecule has 0 saturated carbocycles. The average molecular weight is 749 g/mol. The Morgan fingerprint density at radius 3 is 2.05 bits per heavy atom. The van der Waals surface area contributed by atoms with Crippen molar-refractivity contribution >= 4 is 59.9 Å². The van der Waals surface area contributed by atoms with E-state index in [1.54, 1.807) is 0 Å². The molecule has 10 aromatic rings. The lowest BCUT2D eigenvalue weighted by atomic mass is 9.82. The lowest BCUT2D eigenvalue weighted by molar-refractivity contribution is 0.584. The van der Waals surface area contributed by atoms with Gasteiger partial charge in [-0.05, 0) is 71.3 Å². The normalized spacial score (nSPS) is 15.6. The van der Waals surface area contributed by atoms with E-state index in [2.05, 4.69) is 175 Å². The molecule has 0 fully saturated rings. The van der Waals surface area contributed by atoms with Crippen molar-refractivity contribution in [3.63, 3.8) is 0 Å². The molecular formula is C51H32N4OS. The summed E-state index contributed by atoms with van der Waals surface area (Å²) in [5.74, 6) is 2.80. The van der Waals surface area contributed by atoms with E-state index in [1.165, 1.54) is 48.2 Å². The van der Waals surface area contributed by atoms with Gasteiger partial charge < -0.3 is 9.32 Å². The second-order valence-electron chi connectivity index (χ2n) is 14.7. The van der Waals surface area contributed by atoms with Crippen LogP contribution >= 0.6 is 11.3 Å². The number of anilines is 2. The Bertz CT molecular complexity index is 3200.